The van der Waals surface area contributed by atoms with Crippen molar-refractivity contribution < 1.29 is 17.7 Å². The highest BCUT2D eigenvalue weighted by Crippen LogP contribution is 2.18. The summed E-state index contributed by atoms with van der Waals surface area (Å²) in [6.45, 7) is 2.73. The number of rotatable bonds is 7. The molecule has 1 aliphatic heterocycles. The topological polar surface area (TPSA) is 105 Å². The Kier molecular flexibility index (Phi) is 6.11. The average molecular weight is 344 g/mol. The molecule has 8 nitrogen and oxygen atoms in total. The third-order valence-corrected chi connectivity index (χ3v) is 4.57. The summed E-state index contributed by atoms with van der Waals surface area (Å²) in [6.07, 6.45) is 5.56. The van der Waals surface area contributed by atoms with Gasteiger partial charge >= 0.3 is 0 Å². The number of hydrogen-bond acceptors (Lipinski definition) is 6. The normalized spacial score (nSPS) is 19.0. The SMILES string of the molecule is Cc1noc(CCCC(=O)N2CCCCC2CNS(C)(=O)=O)n1. The largest absolute Gasteiger partial charge is 0.339 e. The van der Waals surface area contributed by atoms with E-state index in [1.54, 1.807) is 11.8 Å². The monoisotopic (exact) mass is 344 g/mol. The molecular formula is C14H24N4O4S. The summed E-state index contributed by atoms with van der Waals surface area (Å²) in [5, 5.41) is 3.72. The van der Waals surface area contributed by atoms with Gasteiger partial charge in [0.05, 0.1) is 6.26 Å². The zero-order valence-electron chi connectivity index (χ0n) is 13.6. The number of nitrogens with zero attached hydrogens (tertiary/aromatic N) is 3. The summed E-state index contributed by atoms with van der Waals surface area (Å²) in [7, 11) is -3.24. The van der Waals surface area contributed by atoms with Gasteiger partial charge in [-0.15, -0.1) is 0 Å². The van der Waals surface area contributed by atoms with E-state index < -0.39 is 10.0 Å². The average Bonchev–Trinajstić information content (AvgIpc) is 2.90. The minimum atomic E-state index is -3.24. The van der Waals surface area contributed by atoms with E-state index in [1.165, 1.54) is 0 Å². The Bertz CT molecular complexity index is 628. The predicted molar refractivity (Wildman–Crippen MR) is 84.2 cm³/mol. The first-order valence-corrected chi connectivity index (χ1v) is 9.77. The van der Waals surface area contributed by atoms with Crippen LogP contribution in [0.15, 0.2) is 4.52 Å². The van der Waals surface area contributed by atoms with Crippen LogP contribution in [-0.4, -0.2) is 54.8 Å². The van der Waals surface area contributed by atoms with Crippen molar-refractivity contribution >= 4 is 15.9 Å². The molecule has 0 bridgehead atoms. The Hall–Kier alpha value is -1.48. The first-order chi connectivity index (χ1) is 10.8. The fraction of sp³-hybridized carbons (Fsp3) is 0.786. The molecule has 130 valence electrons. The summed E-state index contributed by atoms with van der Waals surface area (Å²) in [5.41, 5.74) is 0. The molecule has 1 fully saturated rings. The number of aromatic nitrogens is 2. The maximum absolute atomic E-state index is 12.4. The van der Waals surface area contributed by atoms with Crippen molar-refractivity contribution in [2.75, 3.05) is 19.3 Å². The highest BCUT2D eigenvalue weighted by molar-refractivity contribution is 7.88. The van der Waals surface area contributed by atoms with Gasteiger partial charge in [0.2, 0.25) is 21.8 Å². The molecule has 1 atom stereocenters. The highest BCUT2D eigenvalue weighted by Gasteiger charge is 2.26. The van der Waals surface area contributed by atoms with E-state index in [9.17, 15) is 13.2 Å². The fourth-order valence-electron chi connectivity index (χ4n) is 2.76. The van der Waals surface area contributed by atoms with Gasteiger partial charge in [-0.1, -0.05) is 5.16 Å². The number of hydrogen-bond donors (Lipinski definition) is 1. The molecular weight excluding hydrogens is 320 g/mol. The second-order valence-corrected chi connectivity index (χ2v) is 7.78. The van der Waals surface area contributed by atoms with Gasteiger partial charge in [-0.25, -0.2) is 13.1 Å². The number of amides is 1. The molecule has 0 radical (unpaired) electrons. The molecule has 0 saturated carbocycles. The second kappa shape index (κ2) is 7.87. The molecule has 0 spiro atoms. The number of carbonyl (C=O) groups is 1. The molecule has 1 aromatic heterocycles. The molecule has 1 aromatic rings. The standard InChI is InChI=1S/C14H24N4O4S/c1-11-16-13(22-17-11)7-5-8-14(19)18-9-4-3-6-12(18)10-15-23(2,20)21/h12,15H,3-10H2,1-2H3. The molecule has 23 heavy (non-hydrogen) atoms. The van der Waals surface area contributed by atoms with Crippen LogP contribution in [0, 0.1) is 6.92 Å². The van der Waals surface area contributed by atoms with E-state index in [2.05, 4.69) is 14.9 Å². The van der Waals surface area contributed by atoms with Crippen LogP contribution in [0.25, 0.3) is 0 Å². The van der Waals surface area contributed by atoms with Crippen molar-refractivity contribution in [1.29, 1.82) is 0 Å². The third-order valence-electron chi connectivity index (χ3n) is 3.88. The molecule has 9 heteroatoms. The summed E-state index contributed by atoms with van der Waals surface area (Å²) < 4.78 is 30.0. The third kappa shape index (κ3) is 5.91. The lowest BCUT2D eigenvalue weighted by Gasteiger charge is -2.36. The van der Waals surface area contributed by atoms with Crippen LogP contribution in [0.2, 0.25) is 0 Å². The first kappa shape index (κ1) is 17.9. The van der Waals surface area contributed by atoms with Crippen LogP contribution in [-0.2, 0) is 21.2 Å². The van der Waals surface area contributed by atoms with Crippen molar-refractivity contribution in [3.63, 3.8) is 0 Å². The molecule has 1 aliphatic rings. The quantitative estimate of drug-likeness (QED) is 0.778. The van der Waals surface area contributed by atoms with Crippen LogP contribution in [0.3, 0.4) is 0 Å². The van der Waals surface area contributed by atoms with Crippen LogP contribution in [0.1, 0.15) is 43.8 Å². The van der Waals surface area contributed by atoms with Gasteiger partial charge in [-0.05, 0) is 32.6 Å². The molecule has 1 unspecified atom stereocenters. The van der Waals surface area contributed by atoms with Crippen molar-refractivity contribution in [2.45, 2.75) is 51.5 Å². The first-order valence-electron chi connectivity index (χ1n) is 7.88. The van der Waals surface area contributed by atoms with Gasteiger partial charge in [0.1, 0.15) is 0 Å². The zero-order chi connectivity index (χ0) is 16.9. The van der Waals surface area contributed by atoms with Crippen LogP contribution in [0.5, 0.6) is 0 Å². The Labute approximate surface area is 136 Å². The van der Waals surface area contributed by atoms with Gasteiger partial charge < -0.3 is 9.42 Å². The number of likely N-dealkylation sites (tertiary alicyclic amines) is 1. The van der Waals surface area contributed by atoms with Crippen LogP contribution in [0.4, 0.5) is 0 Å². The summed E-state index contributed by atoms with van der Waals surface area (Å²) in [4.78, 5) is 18.3. The zero-order valence-corrected chi connectivity index (χ0v) is 14.4. The van der Waals surface area contributed by atoms with Gasteiger partial charge in [0, 0.05) is 32.0 Å². The van der Waals surface area contributed by atoms with Gasteiger partial charge in [-0.2, -0.15) is 4.98 Å². The number of carbonyl (C=O) groups excluding carboxylic acids is 1. The van der Waals surface area contributed by atoms with Crippen molar-refractivity contribution in [3.05, 3.63) is 11.7 Å². The Morgan fingerprint density at radius 1 is 1.43 bits per heavy atom. The van der Waals surface area contributed by atoms with E-state index in [0.717, 1.165) is 25.5 Å². The highest BCUT2D eigenvalue weighted by atomic mass is 32.2. The molecule has 1 N–H and O–H groups in total. The minimum Gasteiger partial charge on any atom is -0.339 e. The lowest BCUT2D eigenvalue weighted by molar-refractivity contribution is -0.134. The van der Waals surface area contributed by atoms with E-state index in [0.29, 0.717) is 37.5 Å². The number of piperidine rings is 1. The smallest absolute Gasteiger partial charge is 0.226 e. The van der Waals surface area contributed by atoms with Crippen LogP contribution >= 0.6 is 0 Å². The van der Waals surface area contributed by atoms with Gasteiger partial charge in [0.15, 0.2) is 5.82 Å². The maximum atomic E-state index is 12.4. The second-order valence-electron chi connectivity index (χ2n) is 5.95. The molecule has 0 aromatic carbocycles. The predicted octanol–water partition coefficient (Wildman–Crippen LogP) is 0.631. The Morgan fingerprint density at radius 2 is 2.22 bits per heavy atom. The molecule has 0 aliphatic carbocycles. The van der Waals surface area contributed by atoms with Gasteiger partial charge in [-0.3, -0.25) is 4.79 Å². The number of nitrogens with one attached hydrogen (secondary N) is 1. The summed E-state index contributed by atoms with van der Waals surface area (Å²) in [6, 6.07) is -0.0587. The molecule has 2 rings (SSSR count). The molecule has 1 saturated heterocycles. The summed E-state index contributed by atoms with van der Waals surface area (Å²) in [5.74, 6) is 1.19. The van der Waals surface area contributed by atoms with E-state index in [1.807, 2.05) is 0 Å². The fourth-order valence-corrected chi connectivity index (χ4v) is 3.26. The molecule has 1 amide bonds. The lowest BCUT2D eigenvalue weighted by Crippen LogP contribution is -2.49. The van der Waals surface area contributed by atoms with Crippen LogP contribution < -0.4 is 4.72 Å². The van der Waals surface area contributed by atoms with E-state index in [-0.39, 0.29) is 18.5 Å². The minimum absolute atomic E-state index is 0.0567. The number of aryl methyl sites for hydroxylation is 2. The Morgan fingerprint density at radius 3 is 2.87 bits per heavy atom. The van der Waals surface area contributed by atoms with Crippen molar-refractivity contribution in [2.24, 2.45) is 0 Å². The van der Waals surface area contributed by atoms with Crippen molar-refractivity contribution in [1.82, 2.24) is 19.8 Å². The number of sulfonamides is 1. The summed E-state index contributed by atoms with van der Waals surface area (Å²) >= 11 is 0. The maximum Gasteiger partial charge on any atom is 0.226 e. The van der Waals surface area contributed by atoms with Gasteiger partial charge in [0.25, 0.3) is 0 Å². The van der Waals surface area contributed by atoms with Crippen molar-refractivity contribution in [3.8, 4) is 0 Å². The Balaban J connectivity index is 1.82. The lowest BCUT2D eigenvalue weighted by atomic mass is 10.0. The van der Waals surface area contributed by atoms with E-state index in [4.69, 9.17) is 4.52 Å². The van der Waals surface area contributed by atoms with E-state index >= 15 is 0 Å². The molecule has 2 heterocycles.